The highest BCUT2D eigenvalue weighted by Gasteiger charge is 2.47. The van der Waals surface area contributed by atoms with Crippen molar-refractivity contribution in [2.24, 2.45) is 5.92 Å². The summed E-state index contributed by atoms with van der Waals surface area (Å²) < 4.78 is 7.25. The van der Waals surface area contributed by atoms with Gasteiger partial charge in [0.05, 0.1) is 6.04 Å². The highest BCUT2D eigenvalue weighted by atomic mass is 79.9. The summed E-state index contributed by atoms with van der Waals surface area (Å²) in [6.07, 6.45) is 0. The first-order chi connectivity index (χ1) is 12.1. The molecule has 0 spiro atoms. The molecule has 5 rings (SSSR count). The SMILES string of the molecule is CC1(C)c2cc(Br)ccc2NC2C3=C(SCC21)c1ccccc1OC3. The third-order valence-electron chi connectivity index (χ3n) is 5.91. The predicted octanol–water partition coefficient (Wildman–Crippen LogP) is 5.69. The number of ether oxygens (including phenoxy) is 1. The minimum atomic E-state index is 0.123. The van der Waals surface area contributed by atoms with E-state index in [2.05, 4.69) is 77.6 Å². The second-order valence-electron chi connectivity index (χ2n) is 7.59. The summed E-state index contributed by atoms with van der Waals surface area (Å²) in [5.41, 5.74) is 5.46. The van der Waals surface area contributed by atoms with Crippen LogP contribution in [0.15, 0.2) is 52.5 Å². The average molecular weight is 414 g/mol. The first-order valence-corrected chi connectivity index (χ1v) is 10.5. The lowest BCUT2D eigenvalue weighted by molar-refractivity contribution is 0.282. The van der Waals surface area contributed by atoms with Crippen molar-refractivity contribution < 1.29 is 4.74 Å². The van der Waals surface area contributed by atoms with Crippen molar-refractivity contribution in [3.8, 4) is 5.75 Å². The lowest BCUT2D eigenvalue weighted by Crippen LogP contribution is -2.51. The molecular formula is C21H20BrNOS. The Bertz CT molecular complexity index is 905. The summed E-state index contributed by atoms with van der Waals surface area (Å²) in [6, 6.07) is 15.4. The fraction of sp³-hybridized carbons (Fsp3) is 0.333. The fourth-order valence-electron chi connectivity index (χ4n) is 4.44. The monoisotopic (exact) mass is 413 g/mol. The second kappa shape index (κ2) is 5.55. The molecule has 0 amide bonds. The maximum absolute atomic E-state index is 6.10. The van der Waals surface area contributed by atoms with Crippen LogP contribution in [0.25, 0.3) is 4.91 Å². The smallest absolute Gasteiger partial charge is 0.128 e. The molecule has 3 aliphatic heterocycles. The van der Waals surface area contributed by atoms with E-state index >= 15 is 0 Å². The van der Waals surface area contributed by atoms with Gasteiger partial charge < -0.3 is 10.1 Å². The van der Waals surface area contributed by atoms with Crippen LogP contribution in [0.4, 0.5) is 5.69 Å². The van der Waals surface area contributed by atoms with Crippen LogP contribution in [0, 0.1) is 5.92 Å². The molecule has 25 heavy (non-hydrogen) atoms. The molecular weight excluding hydrogens is 394 g/mol. The summed E-state index contributed by atoms with van der Waals surface area (Å²) in [6.45, 7) is 5.47. The van der Waals surface area contributed by atoms with Crippen LogP contribution >= 0.6 is 27.7 Å². The third kappa shape index (κ3) is 2.30. The highest BCUT2D eigenvalue weighted by molar-refractivity contribution is 9.10. The number of anilines is 1. The van der Waals surface area contributed by atoms with Gasteiger partial charge >= 0.3 is 0 Å². The summed E-state index contributed by atoms with van der Waals surface area (Å²) in [5, 5.41) is 3.84. The third-order valence-corrected chi connectivity index (χ3v) is 7.70. The van der Waals surface area contributed by atoms with Crippen molar-refractivity contribution in [3.63, 3.8) is 0 Å². The van der Waals surface area contributed by atoms with Crippen molar-refractivity contribution in [3.05, 3.63) is 63.6 Å². The van der Waals surface area contributed by atoms with E-state index in [1.165, 1.54) is 27.3 Å². The molecule has 2 nitrogen and oxygen atoms in total. The molecule has 4 heteroatoms. The van der Waals surface area contributed by atoms with E-state index in [9.17, 15) is 0 Å². The average Bonchev–Trinajstić information content (AvgIpc) is 2.62. The maximum Gasteiger partial charge on any atom is 0.128 e. The van der Waals surface area contributed by atoms with E-state index in [-0.39, 0.29) is 5.41 Å². The van der Waals surface area contributed by atoms with Gasteiger partial charge in [-0.05, 0) is 35.2 Å². The first kappa shape index (κ1) is 15.8. The lowest BCUT2D eigenvalue weighted by Gasteiger charge is -2.50. The number of rotatable bonds is 0. The van der Waals surface area contributed by atoms with E-state index in [1.54, 1.807) is 0 Å². The molecule has 0 saturated heterocycles. The molecule has 0 fully saturated rings. The fourth-order valence-corrected chi connectivity index (χ4v) is 6.46. The van der Waals surface area contributed by atoms with Gasteiger partial charge in [-0.3, -0.25) is 0 Å². The van der Waals surface area contributed by atoms with Crippen LogP contribution in [0.2, 0.25) is 0 Å². The minimum Gasteiger partial charge on any atom is -0.488 e. The number of hydrogen-bond acceptors (Lipinski definition) is 3. The summed E-state index contributed by atoms with van der Waals surface area (Å²) in [7, 11) is 0. The zero-order chi connectivity index (χ0) is 17.2. The number of nitrogens with one attached hydrogen (secondary N) is 1. The summed E-state index contributed by atoms with van der Waals surface area (Å²) in [5.74, 6) is 2.70. The molecule has 2 aromatic carbocycles. The minimum absolute atomic E-state index is 0.123. The number of halogens is 1. The highest BCUT2D eigenvalue weighted by Crippen LogP contribution is 2.54. The predicted molar refractivity (Wildman–Crippen MR) is 109 cm³/mol. The van der Waals surface area contributed by atoms with E-state index in [0.29, 0.717) is 18.6 Å². The molecule has 2 unspecified atom stereocenters. The Kier molecular flexibility index (Phi) is 3.52. The van der Waals surface area contributed by atoms with Crippen LogP contribution < -0.4 is 10.1 Å². The molecule has 3 heterocycles. The zero-order valence-electron chi connectivity index (χ0n) is 14.3. The van der Waals surface area contributed by atoms with Crippen molar-refractivity contribution in [2.45, 2.75) is 25.3 Å². The molecule has 0 aliphatic carbocycles. The second-order valence-corrected chi connectivity index (χ2v) is 9.54. The number of fused-ring (bicyclic) bond motifs is 5. The van der Waals surface area contributed by atoms with E-state index < -0.39 is 0 Å². The molecule has 0 bridgehead atoms. The molecule has 2 aromatic rings. The van der Waals surface area contributed by atoms with Crippen LogP contribution in [0.1, 0.15) is 25.0 Å². The molecule has 0 saturated carbocycles. The summed E-state index contributed by atoms with van der Waals surface area (Å²) >= 11 is 5.65. The lowest BCUT2D eigenvalue weighted by atomic mass is 9.66. The van der Waals surface area contributed by atoms with E-state index in [1.807, 2.05) is 11.8 Å². The Labute approximate surface area is 161 Å². The van der Waals surface area contributed by atoms with Gasteiger partial charge in [0.25, 0.3) is 0 Å². The van der Waals surface area contributed by atoms with Crippen molar-refractivity contribution in [1.82, 2.24) is 0 Å². The molecule has 0 aromatic heterocycles. The van der Waals surface area contributed by atoms with Crippen molar-refractivity contribution in [2.75, 3.05) is 17.7 Å². The molecule has 3 aliphatic rings. The Morgan fingerprint density at radius 2 is 2.04 bits per heavy atom. The maximum atomic E-state index is 6.10. The van der Waals surface area contributed by atoms with Crippen LogP contribution in [0.5, 0.6) is 5.75 Å². The van der Waals surface area contributed by atoms with Gasteiger partial charge in [0.2, 0.25) is 0 Å². The van der Waals surface area contributed by atoms with Gasteiger partial charge in [0, 0.05) is 37.9 Å². The van der Waals surface area contributed by atoms with Crippen LogP contribution in [-0.2, 0) is 5.41 Å². The molecule has 128 valence electrons. The first-order valence-electron chi connectivity index (χ1n) is 8.70. The number of para-hydroxylation sites is 1. The van der Waals surface area contributed by atoms with Gasteiger partial charge in [0.15, 0.2) is 0 Å². The summed E-state index contributed by atoms with van der Waals surface area (Å²) in [4.78, 5) is 1.42. The Balaban J connectivity index is 1.65. The van der Waals surface area contributed by atoms with Gasteiger partial charge in [-0.25, -0.2) is 0 Å². The van der Waals surface area contributed by atoms with Gasteiger partial charge in [-0.1, -0.05) is 48.0 Å². The Morgan fingerprint density at radius 1 is 1.20 bits per heavy atom. The quantitative estimate of drug-likeness (QED) is 0.599. The van der Waals surface area contributed by atoms with Crippen molar-refractivity contribution >= 4 is 38.3 Å². The number of hydrogen-bond donors (Lipinski definition) is 1. The van der Waals surface area contributed by atoms with E-state index in [0.717, 1.165) is 16.0 Å². The zero-order valence-corrected chi connectivity index (χ0v) is 16.7. The topological polar surface area (TPSA) is 21.3 Å². The Morgan fingerprint density at radius 3 is 2.92 bits per heavy atom. The van der Waals surface area contributed by atoms with E-state index in [4.69, 9.17) is 4.74 Å². The van der Waals surface area contributed by atoms with Crippen molar-refractivity contribution in [1.29, 1.82) is 0 Å². The molecule has 0 radical (unpaired) electrons. The van der Waals surface area contributed by atoms with Gasteiger partial charge in [-0.15, -0.1) is 11.8 Å². The largest absolute Gasteiger partial charge is 0.488 e. The number of thioether (sulfide) groups is 1. The molecule has 1 N–H and O–H groups in total. The normalized spacial score (nSPS) is 25.7. The van der Waals surface area contributed by atoms with Gasteiger partial charge in [-0.2, -0.15) is 0 Å². The van der Waals surface area contributed by atoms with Gasteiger partial charge in [0.1, 0.15) is 12.4 Å². The van der Waals surface area contributed by atoms with Crippen LogP contribution in [0.3, 0.4) is 0 Å². The Hall–Kier alpha value is -1.39. The standard InChI is InChI=1S/C21H20BrNOS/c1-21(2)15-9-12(22)7-8-17(15)23-19-14-10-24-18-6-4-3-5-13(18)20(14)25-11-16(19)21/h3-9,16,19,23H,10-11H2,1-2H3. The molecule has 2 atom stereocenters. The number of benzene rings is 2. The van der Waals surface area contributed by atoms with Crippen LogP contribution in [-0.4, -0.2) is 18.4 Å².